The highest BCUT2D eigenvalue weighted by Gasteiger charge is 2.46. The molecule has 2 fully saturated rings. The molecule has 0 bridgehead atoms. The number of hydrogen-bond acceptors (Lipinski definition) is 3. The third-order valence-electron chi connectivity index (χ3n) is 5.21. The van der Waals surface area contributed by atoms with Crippen molar-refractivity contribution in [2.75, 3.05) is 13.2 Å². The Hall–Kier alpha value is -0.930. The van der Waals surface area contributed by atoms with Gasteiger partial charge >= 0.3 is 0 Å². The predicted molar refractivity (Wildman–Crippen MR) is 80.6 cm³/mol. The van der Waals surface area contributed by atoms with Crippen LogP contribution in [0.3, 0.4) is 0 Å². The van der Waals surface area contributed by atoms with Gasteiger partial charge in [-0.15, -0.1) is 0 Å². The Kier molecular flexibility index (Phi) is 4.08. The summed E-state index contributed by atoms with van der Waals surface area (Å²) in [6.07, 6.45) is 11.4. The van der Waals surface area contributed by atoms with E-state index in [1.165, 1.54) is 31.4 Å². The van der Waals surface area contributed by atoms with E-state index in [0.29, 0.717) is 0 Å². The second-order valence-corrected chi connectivity index (χ2v) is 6.55. The van der Waals surface area contributed by atoms with Gasteiger partial charge in [-0.2, -0.15) is 0 Å². The van der Waals surface area contributed by atoms with Gasteiger partial charge in [0.05, 0.1) is 5.60 Å². The molecule has 1 aliphatic carbocycles. The van der Waals surface area contributed by atoms with E-state index in [4.69, 9.17) is 10.5 Å². The number of nitrogens with two attached hydrogens (primary N) is 1. The fourth-order valence-corrected chi connectivity index (χ4v) is 4.31. The van der Waals surface area contributed by atoms with Gasteiger partial charge in [0.2, 0.25) is 0 Å². The highest BCUT2D eigenvalue weighted by atomic mass is 16.5. The normalized spacial score (nSPS) is 29.4. The van der Waals surface area contributed by atoms with Gasteiger partial charge in [0.15, 0.2) is 0 Å². The number of aromatic nitrogens is 1. The van der Waals surface area contributed by atoms with Gasteiger partial charge in [-0.05, 0) is 57.2 Å². The van der Waals surface area contributed by atoms with Gasteiger partial charge in [-0.25, -0.2) is 0 Å². The summed E-state index contributed by atoms with van der Waals surface area (Å²) in [7, 11) is 0. The van der Waals surface area contributed by atoms with Crippen LogP contribution in [0.4, 0.5) is 0 Å². The van der Waals surface area contributed by atoms with Crippen LogP contribution < -0.4 is 5.73 Å². The first-order valence-electron chi connectivity index (χ1n) is 8.04. The van der Waals surface area contributed by atoms with Gasteiger partial charge in [0.25, 0.3) is 0 Å². The molecular formula is C17H26N2O. The van der Waals surface area contributed by atoms with Crippen molar-refractivity contribution < 1.29 is 4.74 Å². The molecule has 3 nitrogen and oxygen atoms in total. The van der Waals surface area contributed by atoms with E-state index < -0.39 is 0 Å². The number of pyridine rings is 1. The summed E-state index contributed by atoms with van der Waals surface area (Å²) in [4.78, 5) is 4.68. The van der Waals surface area contributed by atoms with Crippen LogP contribution in [0, 0.1) is 0 Å². The minimum atomic E-state index is 0.100. The van der Waals surface area contributed by atoms with E-state index >= 15 is 0 Å². The molecule has 1 atom stereocenters. The lowest BCUT2D eigenvalue weighted by Crippen LogP contribution is -2.39. The van der Waals surface area contributed by atoms with Crippen LogP contribution in [0.15, 0.2) is 24.4 Å². The molecule has 0 aromatic carbocycles. The summed E-state index contributed by atoms with van der Waals surface area (Å²) in [5, 5.41) is 0. The Morgan fingerprint density at radius 1 is 1.15 bits per heavy atom. The highest BCUT2D eigenvalue weighted by Crippen LogP contribution is 2.48. The average molecular weight is 274 g/mol. The van der Waals surface area contributed by atoms with Gasteiger partial charge in [-0.1, -0.05) is 18.9 Å². The third kappa shape index (κ3) is 2.61. The van der Waals surface area contributed by atoms with E-state index in [1.807, 2.05) is 12.3 Å². The minimum absolute atomic E-state index is 0.100. The van der Waals surface area contributed by atoms with E-state index in [0.717, 1.165) is 38.8 Å². The fourth-order valence-electron chi connectivity index (χ4n) is 4.31. The lowest BCUT2D eigenvalue weighted by molar-refractivity contribution is -0.0459. The van der Waals surface area contributed by atoms with Crippen molar-refractivity contribution in [3.05, 3.63) is 30.1 Å². The second kappa shape index (κ2) is 5.82. The van der Waals surface area contributed by atoms with Gasteiger partial charge in [-0.3, -0.25) is 4.98 Å². The maximum Gasteiger partial charge on any atom is 0.0691 e. The monoisotopic (exact) mass is 274 g/mol. The first kappa shape index (κ1) is 14.0. The maximum atomic E-state index is 6.31. The molecule has 20 heavy (non-hydrogen) atoms. The standard InChI is InChI=1S/C17H26N2O/c18-11-10-16(15-6-1-4-12-19-15)7-5-13-20-17(14-16)8-2-3-9-17/h1,4,6,12H,2-3,5,7-11,13-14,18H2. The molecule has 2 N–H and O–H groups in total. The zero-order valence-electron chi connectivity index (χ0n) is 12.3. The molecule has 2 aliphatic rings. The Morgan fingerprint density at radius 2 is 2.00 bits per heavy atom. The van der Waals surface area contributed by atoms with Crippen molar-refractivity contribution in [2.24, 2.45) is 5.73 Å². The minimum Gasteiger partial charge on any atom is -0.375 e. The van der Waals surface area contributed by atoms with Crippen molar-refractivity contribution in [1.82, 2.24) is 4.98 Å². The molecule has 2 heterocycles. The molecule has 1 saturated heterocycles. The second-order valence-electron chi connectivity index (χ2n) is 6.55. The van der Waals surface area contributed by atoms with E-state index in [9.17, 15) is 0 Å². The lowest BCUT2D eigenvalue weighted by Gasteiger charge is -2.39. The highest BCUT2D eigenvalue weighted by molar-refractivity contribution is 5.20. The molecule has 1 aliphatic heterocycles. The van der Waals surface area contributed by atoms with E-state index in [1.54, 1.807) is 0 Å². The smallest absolute Gasteiger partial charge is 0.0691 e. The van der Waals surface area contributed by atoms with Crippen LogP contribution in [0.5, 0.6) is 0 Å². The molecule has 1 aromatic rings. The summed E-state index contributed by atoms with van der Waals surface area (Å²) in [5.74, 6) is 0. The first-order valence-corrected chi connectivity index (χ1v) is 8.04. The topological polar surface area (TPSA) is 48.1 Å². The molecule has 1 spiro atoms. The molecule has 0 amide bonds. The Bertz CT molecular complexity index is 428. The summed E-state index contributed by atoms with van der Waals surface area (Å²) in [5.41, 5.74) is 7.40. The lowest BCUT2D eigenvalue weighted by atomic mass is 9.69. The van der Waals surface area contributed by atoms with Gasteiger partial charge < -0.3 is 10.5 Å². The molecule has 1 unspecified atom stereocenters. The molecule has 110 valence electrons. The Labute approximate surface area is 121 Å². The van der Waals surface area contributed by atoms with Crippen LogP contribution in [0.1, 0.15) is 57.1 Å². The molecule has 3 heteroatoms. The molecule has 3 rings (SSSR count). The van der Waals surface area contributed by atoms with Crippen molar-refractivity contribution in [3.8, 4) is 0 Å². The largest absolute Gasteiger partial charge is 0.375 e. The van der Waals surface area contributed by atoms with Crippen molar-refractivity contribution in [3.63, 3.8) is 0 Å². The van der Waals surface area contributed by atoms with Crippen molar-refractivity contribution in [1.29, 1.82) is 0 Å². The number of nitrogens with zero attached hydrogens (tertiary/aromatic N) is 1. The maximum absolute atomic E-state index is 6.31. The average Bonchev–Trinajstić information content (AvgIpc) is 2.84. The van der Waals surface area contributed by atoms with Gasteiger partial charge in [0.1, 0.15) is 0 Å². The summed E-state index contributed by atoms with van der Waals surface area (Å²) in [6, 6.07) is 6.29. The third-order valence-corrected chi connectivity index (χ3v) is 5.21. The van der Waals surface area contributed by atoms with E-state index in [-0.39, 0.29) is 11.0 Å². The predicted octanol–water partition coefficient (Wildman–Crippen LogP) is 3.18. The van der Waals surface area contributed by atoms with E-state index in [2.05, 4.69) is 17.1 Å². The Balaban J connectivity index is 1.95. The molecule has 1 aromatic heterocycles. The summed E-state index contributed by atoms with van der Waals surface area (Å²) < 4.78 is 6.31. The van der Waals surface area contributed by atoms with Crippen LogP contribution in [0.25, 0.3) is 0 Å². The summed E-state index contributed by atoms with van der Waals surface area (Å²) in [6.45, 7) is 1.63. The SMILES string of the molecule is NCCC1(c2ccccn2)CCCOC2(CCCC2)C1. The van der Waals surface area contributed by atoms with Crippen LogP contribution in [-0.2, 0) is 10.2 Å². The fraction of sp³-hybridized carbons (Fsp3) is 0.706. The number of hydrogen-bond donors (Lipinski definition) is 1. The first-order chi connectivity index (χ1) is 9.79. The van der Waals surface area contributed by atoms with Crippen LogP contribution in [0.2, 0.25) is 0 Å². The van der Waals surface area contributed by atoms with Crippen molar-refractivity contribution >= 4 is 0 Å². The number of rotatable bonds is 3. The van der Waals surface area contributed by atoms with Crippen LogP contribution >= 0.6 is 0 Å². The zero-order chi connectivity index (χ0) is 13.9. The number of ether oxygens (including phenoxy) is 1. The molecular weight excluding hydrogens is 248 g/mol. The quantitative estimate of drug-likeness (QED) is 0.921. The molecule has 0 radical (unpaired) electrons. The van der Waals surface area contributed by atoms with Crippen molar-refractivity contribution in [2.45, 2.75) is 62.4 Å². The van der Waals surface area contributed by atoms with Gasteiger partial charge in [0, 0.05) is 23.9 Å². The molecule has 1 saturated carbocycles. The van der Waals surface area contributed by atoms with Crippen LogP contribution in [-0.4, -0.2) is 23.7 Å². The zero-order valence-corrected chi connectivity index (χ0v) is 12.3. The Morgan fingerprint density at radius 3 is 2.70 bits per heavy atom. The summed E-state index contributed by atoms with van der Waals surface area (Å²) >= 11 is 0.